The van der Waals surface area contributed by atoms with Gasteiger partial charge in [0.05, 0.1) is 10.6 Å². The van der Waals surface area contributed by atoms with Gasteiger partial charge >= 0.3 is 0 Å². The number of aromatic hydroxyl groups is 1. The Labute approximate surface area is 167 Å². The first kappa shape index (κ1) is 19.6. The van der Waals surface area contributed by atoms with Crippen molar-refractivity contribution in [3.8, 4) is 5.75 Å². The highest BCUT2D eigenvalue weighted by Crippen LogP contribution is 2.19. The summed E-state index contributed by atoms with van der Waals surface area (Å²) in [5.74, 6) is -0.815. The van der Waals surface area contributed by atoms with E-state index in [1.54, 1.807) is 30.3 Å². The van der Waals surface area contributed by atoms with Crippen molar-refractivity contribution in [3.05, 3.63) is 89.4 Å². The second kappa shape index (κ2) is 8.24. The van der Waals surface area contributed by atoms with E-state index in [2.05, 4.69) is 10.5 Å². The van der Waals surface area contributed by atoms with Gasteiger partial charge in [-0.1, -0.05) is 35.9 Å². The minimum absolute atomic E-state index is 0.0308. The highest BCUT2D eigenvalue weighted by Gasteiger charge is 2.30. The Hall–Kier alpha value is -3.16. The van der Waals surface area contributed by atoms with Gasteiger partial charge in [0, 0.05) is 16.7 Å². The molecule has 3 rings (SSSR count). The summed E-state index contributed by atoms with van der Waals surface area (Å²) in [4.78, 5) is 12.9. The summed E-state index contributed by atoms with van der Waals surface area (Å²) < 4.78 is 26.1. The molecule has 8 heteroatoms. The smallest absolute Gasteiger partial charge is 0.229 e. The molecule has 0 spiro atoms. The molecule has 3 aromatic carbocycles. The second-order valence-electron chi connectivity index (χ2n) is 5.73. The molecule has 28 heavy (non-hydrogen) atoms. The van der Waals surface area contributed by atoms with Crippen LogP contribution in [0.25, 0.3) is 0 Å². The number of anilines is 1. The maximum Gasteiger partial charge on any atom is 0.229 e. The first-order chi connectivity index (χ1) is 13.4. The van der Waals surface area contributed by atoms with Crippen molar-refractivity contribution in [1.29, 1.82) is 0 Å². The summed E-state index contributed by atoms with van der Waals surface area (Å²) in [7, 11) is -4.20. The van der Waals surface area contributed by atoms with Gasteiger partial charge in [0.25, 0.3) is 0 Å². The predicted molar refractivity (Wildman–Crippen MR) is 109 cm³/mol. The summed E-state index contributed by atoms with van der Waals surface area (Å²) >= 11 is 5.84. The standard InChI is InChI=1S/C20H15ClN2O4S/c21-15-11-9-14(10-12-15)19(25)20(23-22-16-5-4-6-17(24)13-16)28(26,27)18-7-2-1-3-8-18/h1-13,22,24H/b23-20-. The molecule has 0 atom stereocenters. The minimum atomic E-state index is -4.20. The van der Waals surface area contributed by atoms with Gasteiger partial charge in [-0.15, -0.1) is 0 Å². The van der Waals surface area contributed by atoms with Crippen LogP contribution in [0.2, 0.25) is 5.02 Å². The Morgan fingerprint density at radius 1 is 0.929 bits per heavy atom. The number of carbonyl (C=O) groups is 1. The topological polar surface area (TPSA) is 95.8 Å². The third kappa shape index (κ3) is 4.39. The lowest BCUT2D eigenvalue weighted by atomic mass is 10.1. The SMILES string of the molecule is O=C(/C(=N/Nc1cccc(O)c1)S(=O)(=O)c1ccccc1)c1ccc(Cl)cc1. The monoisotopic (exact) mass is 414 g/mol. The van der Waals surface area contributed by atoms with Gasteiger partial charge in [-0.3, -0.25) is 10.2 Å². The molecule has 0 heterocycles. The van der Waals surface area contributed by atoms with Crippen LogP contribution in [0.1, 0.15) is 10.4 Å². The van der Waals surface area contributed by atoms with Gasteiger partial charge in [-0.25, -0.2) is 8.42 Å². The predicted octanol–water partition coefficient (Wildman–Crippen LogP) is 4.13. The number of nitrogens with zero attached hydrogens (tertiary/aromatic N) is 1. The van der Waals surface area contributed by atoms with E-state index in [4.69, 9.17) is 11.6 Å². The average Bonchev–Trinajstić information content (AvgIpc) is 2.69. The number of benzene rings is 3. The van der Waals surface area contributed by atoms with Crippen LogP contribution in [-0.4, -0.2) is 24.4 Å². The number of ketones is 1. The minimum Gasteiger partial charge on any atom is -0.508 e. The fourth-order valence-electron chi connectivity index (χ4n) is 2.36. The summed E-state index contributed by atoms with van der Waals surface area (Å²) in [5.41, 5.74) is 2.97. The molecule has 0 fully saturated rings. The summed E-state index contributed by atoms with van der Waals surface area (Å²) in [6.45, 7) is 0. The van der Waals surface area contributed by atoms with Gasteiger partial charge in [0.15, 0.2) is 0 Å². The number of Topliss-reactive ketones (excluding diaryl/α,β-unsaturated/α-hetero) is 1. The largest absolute Gasteiger partial charge is 0.508 e. The number of sulfone groups is 1. The van der Waals surface area contributed by atoms with Crippen molar-refractivity contribution >= 4 is 38.0 Å². The summed E-state index contributed by atoms with van der Waals surface area (Å²) in [6.07, 6.45) is 0. The molecular weight excluding hydrogens is 400 g/mol. The van der Waals surface area contributed by atoms with Gasteiger partial charge in [-0.2, -0.15) is 5.10 Å². The number of nitrogens with one attached hydrogen (secondary N) is 1. The normalized spacial score (nSPS) is 11.8. The van der Waals surface area contributed by atoms with Crippen LogP contribution in [0.4, 0.5) is 5.69 Å². The van der Waals surface area contributed by atoms with E-state index >= 15 is 0 Å². The van der Waals surface area contributed by atoms with E-state index in [9.17, 15) is 18.3 Å². The van der Waals surface area contributed by atoms with Gasteiger partial charge < -0.3 is 5.11 Å². The number of phenolic OH excluding ortho intramolecular Hbond substituents is 1. The van der Waals surface area contributed by atoms with Crippen molar-refractivity contribution in [1.82, 2.24) is 0 Å². The van der Waals surface area contributed by atoms with Crippen molar-refractivity contribution < 1.29 is 18.3 Å². The van der Waals surface area contributed by atoms with E-state index in [-0.39, 0.29) is 16.2 Å². The number of phenols is 1. The molecule has 0 bridgehead atoms. The van der Waals surface area contributed by atoms with Crippen LogP contribution in [0.3, 0.4) is 0 Å². The fourth-order valence-corrected chi connectivity index (χ4v) is 3.75. The third-order valence-corrected chi connectivity index (χ3v) is 5.67. The fraction of sp³-hybridized carbons (Fsp3) is 0. The third-order valence-electron chi connectivity index (χ3n) is 3.74. The highest BCUT2D eigenvalue weighted by molar-refractivity contribution is 8.08. The maximum absolute atomic E-state index is 13.0. The van der Waals surface area contributed by atoms with Crippen molar-refractivity contribution in [3.63, 3.8) is 0 Å². The zero-order chi connectivity index (χ0) is 20.1. The van der Waals surface area contributed by atoms with Crippen molar-refractivity contribution in [2.24, 2.45) is 5.10 Å². The molecule has 0 radical (unpaired) electrons. The average molecular weight is 415 g/mol. The van der Waals surface area contributed by atoms with E-state index < -0.39 is 20.7 Å². The number of hydrazone groups is 1. The maximum atomic E-state index is 13.0. The van der Waals surface area contributed by atoms with Crippen LogP contribution in [-0.2, 0) is 9.84 Å². The van der Waals surface area contributed by atoms with Crippen molar-refractivity contribution in [2.75, 3.05) is 5.43 Å². The van der Waals surface area contributed by atoms with Crippen LogP contribution in [0.15, 0.2) is 88.9 Å². The Kier molecular flexibility index (Phi) is 5.77. The molecule has 0 aliphatic rings. The zero-order valence-corrected chi connectivity index (χ0v) is 16.0. The van der Waals surface area contributed by atoms with Gasteiger partial charge in [0.2, 0.25) is 20.7 Å². The van der Waals surface area contributed by atoms with Crippen LogP contribution < -0.4 is 5.43 Å². The number of rotatable bonds is 5. The number of carbonyl (C=O) groups excluding carboxylic acids is 1. The number of hydrogen-bond acceptors (Lipinski definition) is 6. The van der Waals surface area contributed by atoms with Gasteiger partial charge in [-0.05, 0) is 48.5 Å². The lowest BCUT2D eigenvalue weighted by Gasteiger charge is -2.09. The molecule has 0 saturated heterocycles. The Morgan fingerprint density at radius 3 is 2.25 bits per heavy atom. The molecule has 6 nitrogen and oxygen atoms in total. The van der Waals surface area contributed by atoms with E-state index in [1.807, 2.05) is 0 Å². The van der Waals surface area contributed by atoms with Crippen LogP contribution in [0, 0.1) is 0 Å². The molecule has 142 valence electrons. The first-order valence-corrected chi connectivity index (χ1v) is 9.97. The Bertz CT molecular complexity index is 1130. The molecular formula is C20H15ClN2O4S. The molecule has 0 aliphatic heterocycles. The lowest BCUT2D eigenvalue weighted by Crippen LogP contribution is -2.26. The lowest BCUT2D eigenvalue weighted by molar-refractivity contribution is 0.106. The molecule has 3 aromatic rings. The summed E-state index contributed by atoms with van der Waals surface area (Å²) in [5, 5.41) is 13.1. The number of halogens is 1. The number of hydrogen-bond donors (Lipinski definition) is 2. The van der Waals surface area contributed by atoms with E-state index in [0.29, 0.717) is 10.7 Å². The Balaban J connectivity index is 2.06. The quantitative estimate of drug-likeness (QED) is 0.283. The van der Waals surface area contributed by atoms with Crippen LogP contribution >= 0.6 is 11.6 Å². The molecule has 0 aromatic heterocycles. The molecule has 0 unspecified atom stereocenters. The van der Waals surface area contributed by atoms with E-state index in [0.717, 1.165) is 0 Å². The molecule has 0 saturated carbocycles. The van der Waals surface area contributed by atoms with Gasteiger partial charge in [0.1, 0.15) is 5.75 Å². The molecule has 0 amide bonds. The van der Waals surface area contributed by atoms with Crippen molar-refractivity contribution in [2.45, 2.75) is 4.90 Å². The molecule has 0 aliphatic carbocycles. The second-order valence-corrected chi connectivity index (χ2v) is 8.03. The zero-order valence-electron chi connectivity index (χ0n) is 14.4. The van der Waals surface area contributed by atoms with Crippen LogP contribution in [0.5, 0.6) is 5.75 Å². The Morgan fingerprint density at radius 2 is 1.61 bits per heavy atom. The van der Waals surface area contributed by atoms with E-state index in [1.165, 1.54) is 48.5 Å². The highest BCUT2D eigenvalue weighted by atomic mass is 35.5. The first-order valence-electron chi connectivity index (χ1n) is 8.11. The summed E-state index contributed by atoms with van der Waals surface area (Å²) in [6, 6.07) is 19.3. The molecule has 2 N–H and O–H groups in total.